The van der Waals surface area contributed by atoms with Gasteiger partial charge in [0.2, 0.25) is 0 Å². The van der Waals surface area contributed by atoms with E-state index in [1.165, 1.54) is 0 Å². The van der Waals surface area contributed by atoms with Crippen molar-refractivity contribution in [2.75, 3.05) is 13.7 Å². The predicted octanol–water partition coefficient (Wildman–Crippen LogP) is 0.872. The summed E-state index contributed by atoms with van der Waals surface area (Å²) in [6.07, 6.45) is 3.84. The van der Waals surface area contributed by atoms with Crippen molar-refractivity contribution in [2.24, 2.45) is 5.92 Å². The number of thiazole rings is 1. The second-order valence-corrected chi connectivity index (χ2v) is 8.92. The summed E-state index contributed by atoms with van der Waals surface area (Å²) >= 11 is 1.56. The van der Waals surface area contributed by atoms with Crippen LogP contribution in [-0.4, -0.2) is 80.7 Å². The van der Waals surface area contributed by atoms with Gasteiger partial charge in [0.25, 0.3) is 0 Å². The fourth-order valence-electron chi connectivity index (χ4n) is 4.43. The van der Waals surface area contributed by atoms with Gasteiger partial charge in [-0.15, -0.1) is 11.3 Å². The van der Waals surface area contributed by atoms with Crippen LogP contribution < -0.4 is 4.74 Å². The van der Waals surface area contributed by atoms with Gasteiger partial charge in [0.1, 0.15) is 35.2 Å². The van der Waals surface area contributed by atoms with Gasteiger partial charge in [-0.25, -0.2) is 4.98 Å². The zero-order valence-corrected chi connectivity index (χ0v) is 17.6. The number of aromatic nitrogens is 1. The standard InChI is InChI=1S/C22H24N2O6S/c1-29-11-6-7-14-17(8-11)31-21(23-14)13-9-24(15-5-3-2-4-12(13)15)22-20(28)19(27)18(26)16(10-25)30-22/h2-9,12,15-16,18-20,22,25-28H,10H2,1H3. The van der Waals surface area contributed by atoms with Gasteiger partial charge in [-0.2, -0.15) is 0 Å². The molecule has 3 aliphatic rings. The normalized spacial score (nSPS) is 34.8. The Bertz CT molecular complexity index is 1060. The number of hydrogen-bond donors (Lipinski definition) is 4. The Kier molecular flexibility index (Phi) is 5.33. The van der Waals surface area contributed by atoms with E-state index in [1.54, 1.807) is 18.4 Å². The van der Waals surface area contributed by atoms with Crippen molar-refractivity contribution in [1.29, 1.82) is 0 Å². The first-order valence-corrected chi connectivity index (χ1v) is 10.9. The lowest BCUT2D eigenvalue weighted by Gasteiger charge is -2.45. The molecule has 164 valence electrons. The molecule has 7 atom stereocenters. The topological polar surface area (TPSA) is 116 Å². The van der Waals surface area contributed by atoms with E-state index in [0.717, 1.165) is 26.5 Å². The molecular weight excluding hydrogens is 420 g/mol. The first-order valence-electron chi connectivity index (χ1n) is 10.1. The molecular formula is C22H24N2O6S. The highest BCUT2D eigenvalue weighted by atomic mass is 32.1. The quantitative estimate of drug-likeness (QED) is 0.549. The fourth-order valence-corrected chi connectivity index (χ4v) is 5.48. The van der Waals surface area contributed by atoms with Gasteiger partial charge in [0, 0.05) is 17.7 Å². The lowest BCUT2D eigenvalue weighted by atomic mass is 9.90. The van der Waals surface area contributed by atoms with Gasteiger partial charge in [-0.1, -0.05) is 24.3 Å². The number of benzene rings is 1. The van der Waals surface area contributed by atoms with Crippen LogP contribution in [0.5, 0.6) is 5.75 Å². The van der Waals surface area contributed by atoms with E-state index in [4.69, 9.17) is 14.5 Å². The van der Waals surface area contributed by atoms with Crippen molar-refractivity contribution in [3.63, 3.8) is 0 Å². The van der Waals surface area contributed by atoms with Crippen molar-refractivity contribution in [2.45, 2.75) is 36.7 Å². The Morgan fingerprint density at radius 2 is 1.94 bits per heavy atom. The summed E-state index contributed by atoms with van der Waals surface area (Å²) in [5.74, 6) is 0.754. The number of ether oxygens (including phenoxy) is 2. The van der Waals surface area contributed by atoms with E-state index in [1.807, 2.05) is 47.5 Å². The minimum Gasteiger partial charge on any atom is -0.497 e. The van der Waals surface area contributed by atoms with E-state index in [2.05, 4.69) is 6.08 Å². The lowest BCUT2D eigenvalue weighted by molar-refractivity contribution is -0.260. The smallest absolute Gasteiger partial charge is 0.159 e. The van der Waals surface area contributed by atoms with Crippen LogP contribution >= 0.6 is 11.3 Å². The SMILES string of the molecule is COc1ccc2nc(C3=CN(C4OC(CO)C(O)C(O)C4O)C4C=CC=CC34)sc2c1. The third kappa shape index (κ3) is 3.38. The number of methoxy groups -OCH3 is 1. The molecule has 7 unspecified atom stereocenters. The minimum absolute atomic E-state index is 0.0140. The molecule has 0 amide bonds. The molecule has 1 aromatic carbocycles. The van der Waals surface area contributed by atoms with E-state index in [-0.39, 0.29) is 12.0 Å². The largest absolute Gasteiger partial charge is 0.497 e. The van der Waals surface area contributed by atoms with Gasteiger partial charge >= 0.3 is 0 Å². The number of allylic oxidation sites excluding steroid dienone is 2. The average molecular weight is 445 g/mol. The number of aliphatic hydroxyl groups excluding tert-OH is 4. The molecule has 4 N–H and O–H groups in total. The summed E-state index contributed by atoms with van der Waals surface area (Å²) in [5, 5.41) is 41.4. The molecule has 0 saturated carbocycles. The highest BCUT2D eigenvalue weighted by Crippen LogP contribution is 2.43. The summed E-state index contributed by atoms with van der Waals surface area (Å²) in [6, 6.07) is 5.60. The highest BCUT2D eigenvalue weighted by Gasteiger charge is 2.49. The van der Waals surface area contributed by atoms with Crippen molar-refractivity contribution in [1.82, 2.24) is 9.88 Å². The molecule has 8 nitrogen and oxygen atoms in total. The number of rotatable bonds is 4. The van der Waals surface area contributed by atoms with E-state index in [0.29, 0.717) is 0 Å². The second kappa shape index (κ2) is 8.01. The average Bonchev–Trinajstić information content (AvgIpc) is 3.38. The summed E-state index contributed by atoms with van der Waals surface area (Å²) < 4.78 is 12.1. The molecule has 2 aliphatic heterocycles. The van der Waals surface area contributed by atoms with Crippen LogP contribution in [0.15, 0.2) is 48.7 Å². The molecule has 3 heterocycles. The van der Waals surface area contributed by atoms with Crippen LogP contribution in [0, 0.1) is 5.92 Å². The maximum atomic E-state index is 10.6. The predicted molar refractivity (Wildman–Crippen MR) is 115 cm³/mol. The third-order valence-corrected chi connectivity index (χ3v) is 7.17. The zero-order valence-electron chi connectivity index (χ0n) is 16.8. The van der Waals surface area contributed by atoms with Crippen LogP contribution in [-0.2, 0) is 4.74 Å². The molecule has 0 radical (unpaired) electrons. The van der Waals surface area contributed by atoms with Gasteiger partial charge in [-0.05, 0) is 18.2 Å². The highest BCUT2D eigenvalue weighted by molar-refractivity contribution is 7.19. The molecule has 1 aromatic heterocycles. The summed E-state index contributed by atoms with van der Waals surface area (Å²) in [5.41, 5.74) is 1.85. The first kappa shape index (κ1) is 20.6. The summed E-state index contributed by atoms with van der Waals surface area (Å²) in [6.45, 7) is -0.463. The van der Waals surface area contributed by atoms with Crippen LogP contribution in [0.3, 0.4) is 0 Å². The molecule has 1 fully saturated rings. The summed E-state index contributed by atoms with van der Waals surface area (Å²) in [4.78, 5) is 6.64. The van der Waals surface area contributed by atoms with Crippen molar-refractivity contribution in [3.8, 4) is 5.75 Å². The van der Waals surface area contributed by atoms with Gasteiger partial charge in [0.05, 0.1) is 30.0 Å². The molecule has 31 heavy (non-hydrogen) atoms. The van der Waals surface area contributed by atoms with Crippen molar-refractivity contribution < 1.29 is 29.9 Å². The lowest BCUT2D eigenvalue weighted by Crippen LogP contribution is -2.63. The Hall–Kier alpha value is -2.27. The molecule has 5 rings (SSSR count). The zero-order chi connectivity index (χ0) is 21.7. The number of nitrogens with zero attached hydrogens (tertiary/aromatic N) is 2. The monoisotopic (exact) mass is 444 g/mol. The van der Waals surface area contributed by atoms with Crippen LogP contribution in [0.25, 0.3) is 15.8 Å². The fraction of sp³-hybridized carbons (Fsp3) is 0.409. The van der Waals surface area contributed by atoms with Crippen molar-refractivity contribution >= 4 is 27.1 Å². The molecule has 1 aliphatic carbocycles. The second-order valence-electron chi connectivity index (χ2n) is 7.89. The first-order chi connectivity index (χ1) is 15.0. The molecule has 0 spiro atoms. The molecule has 0 bridgehead atoms. The molecule has 2 aromatic rings. The van der Waals surface area contributed by atoms with Crippen LogP contribution in [0.2, 0.25) is 0 Å². The number of aliphatic hydroxyl groups is 4. The van der Waals surface area contributed by atoms with Gasteiger partial charge in [0.15, 0.2) is 6.23 Å². The molecule has 1 saturated heterocycles. The van der Waals surface area contributed by atoms with E-state index in [9.17, 15) is 20.4 Å². The third-order valence-electron chi connectivity index (χ3n) is 6.10. The number of fused-ring (bicyclic) bond motifs is 2. The Morgan fingerprint density at radius 3 is 2.71 bits per heavy atom. The van der Waals surface area contributed by atoms with E-state index < -0.39 is 37.3 Å². The van der Waals surface area contributed by atoms with Crippen molar-refractivity contribution in [3.05, 3.63) is 53.7 Å². The maximum absolute atomic E-state index is 10.6. The maximum Gasteiger partial charge on any atom is 0.159 e. The Morgan fingerprint density at radius 1 is 1.13 bits per heavy atom. The van der Waals surface area contributed by atoms with Gasteiger partial charge in [-0.3, -0.25) is 0 Å². The Balaban J connectivity index is 1.53. The van der Waals surface area contributed by atoms with E-state index >= 15 is 0 Å². The Labute approximate surface area is 183 Å². The van der Waals surface area contributed by atoms with Crippen LogP contribution in [0.4, 0.5) is 0 Å². The molecule has 9 heteroatoms. The van der Waals surface area contributed by atoms with Crippen LogP contribution in [0.1, 0.15) is 5.01 Å². The minimum atomic E-state index is -1.43. The van der Waals surface area contributed by atoms with Gasteiger partial charge < -0.3 is 34.8 Å². The number of hydrogen-bond acceptors (Lipinski definition) is 9. The summed E-state index contributed by atoms with van der Waals surface area (Å²) in [7, 11) is 1.63.